The molecule has 1 heterocycles. The number of Topliss-reactive ketones (excluding diaryl/α,β-unsaturated/α-hetero) is 1. The van der Waals surface area contributed by atoms with E-state index in [-0.39, 0.29) is 11.1 Å². The molecule has 1 unspecified atom stereocenters. The highest BCUT2D eigenvalue weighted by Crippen LogP contribution is 2.34. The molecule has 0 saturated carbocycles. The largest absolute Gasteiger partial charge is 0.460 e. The number of carbonyl (C=O) groups is 1. The van der Waals surface area contributed by atoms with Crippen LogP contribution in [-0.2, 0) is 29.5 Å². The fourth-order valence-corrected chi connectivity index (χ4v) is 3.13. The maximum Gasteiger partial charge on any atom is 0.313 e. The van der Waals surface area contributed by atoms with E-state index in [1.54, 1.807) is 31.2 Å². The van der Waals surface area contributed by atoms with Gasteiger partial charge < -0.3 is 14.7 Å². The molecule has 0 amide bonds. The smallest absolute Gasteiger partial charge is 0.313 e. The average Bonchev–Trinajstić information content (AvgIpc) is 2.86. The van der Waals surface area contributed by atoms with Gasteiger partial charge in [-0.25, -0.2) is 0 Å². The van der Waals surface area contributed by atoms with Crippen LogP contribution in [0.4, 0.5) is 0 Å². The zero-order valence-corrected chi connectivity index (χ0v) is 14.0. The fraction of sp³-hybridized carbons (Fsp3) is 0.167. The van der Waals surface area contributed by atoms with Crippen molar-refractivity contribution in [1.29, 1.82) is 0 Å². The molecular weight excluding hydrogens is 342 g/mol. The predicted octanol–water partition coefficient (Wildman–Crippen LogP) is 2.31. The Hall–Kier alpha value is -2.80. The third kappa shape index (κ3) is 3.66. The lowest BCUT2D eigenvalue weighted by atomic mass is 10.0. The molecule has 25 heavy (non-hydrogen) atoms. The first-order valence-corrected chi connectivity index (χ1v) is 8.71. The van der Waals surface area contributed by atoms with Crippen molar-refractivity contribution < 1.29 is 26.2 Å². The van der Waals surface area contributed by atoms with Crippen molar-refractivity contribution in [2.24, 2.45) is 5.73 Å². The number of ether oxygens (including phenoxy) is 1. The van der Waals surface area contributed by atoms with E-state index >= 15 is 0 Å². The molecule has 7 heteroatoms. The molecule has 0 aliphatic carbocycles. The van der Waals surface area contributed by atoms with Gasteiger partial charge in [-0.2, -0.15) is 8.42 Å². The van der Waals surface area contributed by atoms with Crippen LogP contribution < -0.4 is 5.73 Å². The second-order valence-corrected chi connectivity index (χ2v) is 6.55. The first-order valence-electron chi connectivity index (χ1n) is 8.80. The highest BCUT2D eigenvalue weighted by molar-refractivity contribution is 7.86. The van der Waals surface area contributed by atoms with Crippen molar-refractivity contribution in [2.45, 2.75) is 18.7 Å². The summed E-state index contributed by atoms with van der Waals surface area (Å²) in [5, 5.41) is 0. The van der Waals surface area contributed by atoms with Crippen molar-refractivity contribution >= 4 is 15.9 Å². The quantitative estimate of drug-likeness (QED) is 0.820. The lowest BCUT2D eigenvalue weighted by Gasteiger charge is -2.12. The lowest BCUT2D eigenvalue weighted by Crippen LogP contribution is -2.16. The number of carbonyl (C=O) groups excluding carboxylic acids is 1. The average molecular weight is 362 g/mol. The molecule has 3 rings (SSSR count). The minimum Gasteiger partial charge on any atom is -0.460 e. The van der Waals surface area contributed by atoms with E-state index in [4.69, 9.17) is 18.8 Å². The monoisotopic (exact) mass is 362 g/mol. The van der Waals surface area contributed by atoms with Crippen LogP contribution in [0.25, 0.3) is 0 Å². The van der Waals surface area contributed by atoms with Gasteiger partial charge in [0, 0.05) is 5.56 Å². The first kappa shape index (κ1) is 13.5. The van der Waals surface area contributed by atoms with Gasteiger partial charge in [0.15, 0.2) is 6.08 Å². The summed E-state index contributed by atoms with van der Waals surface area (Å²) in [6, 6.07) is 13.5. The summed E-state index contributed by atoms with van der Waals surface area (Å²) in [6.07, 6.45) is -2.32. The molecule has 2 aromatic carbocycles. The summed E-state index contributed by atoms with van der Waals surface area (Å²) in [5.74, 6) is -2.75. The highest BCUT2D eigenvalue weighted by Gasteiger charge is 2.40. The molecule has 1 atom stereocenters. The van der Waals surface area contributed by atoms with Crippen LogP contribution in [0.2, 0.25) is 0 Å². The molecule has 1 aliphatic heterocycles. The molecule has 0 fully saturated rings. The van der Waals surface area contributed by atoms with Gasteiger partial charge in [-0.1, -0.05) is 54.6 Å². The molecule has 0 bridgehead atoms. The second-order valence-electron chi connectivity index (χ2n) is 5.27. The van der Waals surface area contributed by atoms with Crippen molar-refractivity contribution in [3.05, 3.63) is 82.9 Å². The molecule has 0 spiro atoms. The van der Waals surface area contributed by atoms with Gasteiger partial charge in [-0.05, 0) is 18.1 Å². The van der Waals surface area contributed by atoms with Crippen LogP contribution in [0.3, 0.4) is 0 Å². The molecule has 0 saturated heterocycles. The number of ketones is 1. The fourth-order valence-electron chi connectivity index (χ4n) is 2.28. The zero-order valence-electron chi connectivity index (χ0n) is 16.2. The Kier molecular flexibility index (Phi) is 3.56. The van der Waals surface area contributed by atoms with E-state index in [1.165, 1.54) is 30.3 Å². The number of rotatable bonds is 5. The van der Waals surface area contributed by atoms with E-state index in [0.29, 0.717) is 5.56 Å². The summed E-state index contributed by atoms with van der Waals surface area (Å²) in [6.45, 7) is 1.65. The summed E-state index contributed by atoms with van der Waals surface area (Å²) in [4.78, 5) is 12.8. The molecular formula is C18H17NO5S. The van der Waals surface area contributed by atoms with Gasteiger partial charge in [0.25, 0.3) is 0 Å². The molecule has 2 N–H and O–H groups in total. The van der Waals surface area contributed by atoms with Gasteiger partial charge in [-0.3, -0.25) is 4.79 Å². The van der Waals surface area contributed by atoms with Crippen molar-refractivity contribution in [3.63, 3.8) is 0 Å². The first-order chi connectivity index (χ1) is 13.0. The van der Waals surface area contributed by atoms with Crippen molar-refractivity contribution in [2.75, 3.05) is 0 Å². The third-order valence-electron chi connectivity index (χ3n) is 3.45. The van der Waals surface area contributed by atoms with Gasteiger partial charge in [0.05, 0.1) is 4.11 Å². The Morgan fingerprint density at radius 1 is 1.20 bits per heavy atom. The maximum atomic E-state index is 12.8. The predicted molar refractivity (Wildman–Crippen MR) is 91.4 cm³/mol. The molecule has 6 nitrogen and oxygen atoms in total. The summed E-state index contributed by atoms with van der Waals surface area (Å²) < 4.78 is 59.3. The second kappa shape index (κ2) is 6.60. The van der Waals surface area contributed by atoms with Crippen molar-refractivity contribution in [1.82, 2.24) is 0 Å². The van der Waals surface area contributed by atoms with E-state index in [9.17, 15) is 13.2 Å². The van der Waals surface area contributed by atoms with Gasteiger partial charge >= 0.3 is 10.1 Å². The minimum atomic E-state index is -4.99. The van der Waals surface area contributed by atoms with Crippen LogP contribution in [0, 0.1) is 6.92 Å². The van der Waals surface area contributed by atoms with Gasteiger partial charge in [0.1, 0.15) is 5.70 Å². The zero-order chi connectivity index (χ0) is 20.7. The van der Waals surface area contributed by atoms with E-state index in [0.717, 1.165) is 0 Å². The molecule has 0 aromatic heterocycles. The third-order valence-corrected chi connectivity index (χ3v) is 4.32. The maximum absolute atomic E-state index is 12.8. The Labute approximate surface area is 150 Å². The summed E-state index contributed by atoms with van der Waals surface area (Å²) in [5.41, 5.74) is 3.21. The molecule has 2 aromatic rings. The van der Waals surface area contributed by atoms with Crippen LogP contribution in [0.15, 0.2) is 66.2 Å². The van der Waals surface area contributed by atoms with Crippen molar-refractivity contribution in [3.8, 4) is 0 Å². The minimum absolute atomic E-state index is 0.171. The molecule has 130 valence electrons. The number of hydrogen-bond acceptors (Lipinski definition) is 6. The standard InChI is InChI=1S/C18H17NO5S/c1-12-7-5-6-10-14(12)16-15(20)17(18(19)23-16)24-25(21,22)11-13-8-3-2-4-9-13/h2-10,16H,11,19H2,1H3/i11D2,16D. The molecule has 1 aliphatic rings. The number of aryl methyl sites for hydroxylation is 1. The Morgan fingerprint density at radius 2 is 1.84 bits per heavy atom. The Bertz CT molecular complexity index is 1070. The lowest BCUT2D eigenvalue weighted by molar-refractivity contribution is -0.123. The number of benzene rings is 2. The topological polar surface area (TPSA) is 95.7 Å². The van der Waals surface area contributed by atoms with Gasteiger partial charge in [-0.15, -0.1) is 0 Å². The normalized spacial score (nSPS) is 22.8. The summed E-state index contributed by atoms with van der Waals surface area (Å²) >= 11 is 0. The van der Waals surface area contributed by atoms with Crippen LogP contribution in [0.5, 0.6) is 0 Å². The molecule has 0 radical (unpaired) electrons. The van der Waals surface area contributed by atoms with E-state index in [1.807, 2.05) is 0 Å². The van der Waals surface area contributed by atoms with E-state index in [2.05, 4.69) is 0 Å². The summed E-state index contributed by atoms with van der Waals surface area (Å²) in [7, 11) is -4.99. The van der Waals surface area contributed by atoms with Crippen LogP contribution in [0.1, 0.15) is 26.9 Å². The van der Waals surface area contributed by atoms with E-state index < -0.39 is 39.3 Å². The van der Waals surface area contributed by atoms with Crippen LogP contribution >= 0.6 is 0 Å². The SMILES string of the molecule is [2H]C1(c2ccccc2C)OC(N)=C(OS(=O)(=O)C([2H])([2H])c2ccccc2)C1=O. The van der Waals surface area contributed by atoms with Gasteiger partial charge in [0.2, 0.25) is 17.4 Å². The highest BCUT2D eigenvalue weighted by atomic mass is 32.2. The van der Waals surface area contributed by atoms with Crippen LogP contribution in [-0.4, -0.2) is 14.2 Å². The Morgan fingerprint density at radius 3 is 2.52 bits per heavy atom. The number of nitrogens with two attached hydrogens (primary N) is 1. The Balaban J connectivity index is 1.96. The number of hydrogen-bond donors (Lipinski definition) is 1.